The first-order valence-electron chi connectivity index (χ1n) is 7.21. The molecular weight excluding hydrogens is 192 g/mol. The summed E-state index contributed by atoms with van der Waals surface area (Å²) < 4.78 is 0. The fourth-order valence-electron chi connectivity index (χ4n) is 2.52. The highest BCUT2D eigenvalue weighted by Crippen LogP contribution is 2.19. The lowest BCUT2D eigenvalue weighted by atomic mass is 9.96. The Morgan fingerprint density at radius 2 is 1.56 bits per heavy atom. The molecule has 92 valence electrons. The first-order valence-corrected chi connectivity index (χ1v) is 7.21. The van der Waals surface area contributed by atoms with Crippen LogP contribution in [-0.4, -0.2) is 0 Å². The Kier molecular flexibility index (Phi) is 8.20. The molecule has 0 amide bonds. The maximum absolute atomic E-state index is 3.87. The third-order valence-electron chi connectivity index (χ3n) is 3.57. The normalized spacial score (nSPS) is 27.1. The van der Waals surface area contributed by atoms with Gasteiger partial charge in [0.05, 0.1) is 0 Å². The number of hydrogen-bond donors (Lipinski definition) is 0. The molecule has 1 unspecified atom stereocenters. The van der Waals surface area contributed by atoms with Gasteiger partial charge in [0.1, 0.15) is 0 Å². The van der Waals surface area contributed by atoms with E-state index in [1.165, 1.54) is 64.2 Å². The Morgan fingerprint density at radius 3 is 2.25 bits per heavy atom. The molecule has 0 aromatic rings. The van der Waals surface area contributed by atoms with E-state index in [4.69, 9.17) is 0 Å². The van der Waals surface area contributed by atoms with Gasteiger partial charge in [-0.2, -0.15) is 0 Å². The third-order valence-corrected chi connectivity index (χ3v) is 3.57. The van der Waals surface area contributed by atoms with Crippen molar-refractivity contribution in [2.75, 3.05) is 0 Å². The summed E-state index contributed by atoms with van der Waals surface area (Å²) >= 11 is 0. The lowest BCUT2D eigenvalue weighted by Crippen LogP contribution is -1.95. The summed E-state index contributed by atoms with van der Waals surface area (Å²) in [5, 5.41) is 0. The van der Waals surface area contributed by atoms with Gasteiger partial charge in [-0.25, -0.2) is 0 Å². The Balaban J connectivity index is 2.32. The molecule has 0 saturated carbocycles. The highest BCUT2D eigenvalue weighted by molar-refractivity contribution is 4.91. The van der Waals surface area contributed by atoms with Crippen LogP contribution in [0.25, 0.3) is 0 Å². The maximum Gasteiger partial charge on any atom is -0.0199 e. The molecule has 0 radical (unpaired) electrons. The lowest BCUT2D eigenvalue weighted by molar-refractivity contribution is 0.518. The van der Waals surface area contributed by atoms with Gasteiger partial charge in [0.25, 0.3) is 0 Å². The van der Waals surface area contributed by atoms with Crippen molar-refractivity contribution >= 4 is 0 Å². The van der Waals surface area contributed by atoms with Crippen molar-refractivity contribution in [1.29, 1.82) is 0 Å². The summed E-state index contributed by atoms with van der Waals surface area (Å²) in [6.45, 7) is 3.87. The van der Waals surface area contributed by atoms with Gasteiger partial charge in [0, 0.05) is 0 Å². The SMILES string of the molecule is C=CCC1/C=C\CCCCCCCCCC1. The molecule has 0 saturated heterocycles. The van der Waals surface area contributed by atoms with Gasteiger partial charge in [-0.05, 0) is 31.6 Å². The average molecular weight is 220 g/mol. The van der Waals surface area contributed by atoms with Crippen LogP contribution in [0, 0.1) is 5.92 Å². The van der Waals surface area contributed by atoms with Gasteiger partial charge in [-0.3, -0.25) is 0 Å². The smallest absolute Gasteiger partial charge is 0.0199 e. The quantitative estimate of drug-likeness (QED) is 0.527. The van der Waals surface area contributed by atoms with E-state index in [0.717, 1.165) is 12.3 Å². The van der Waals surface area contributed by atoms with Crippen LogP contribution in [0.3, 0.4) is 0 Å². The monoisotopic (exact) mass is 220 g/mol. The van der Waals surface area contributed by atoms with Crippen molar-refractivity contribution < 1.29 is 0 Å². The Labute approximate surface area is 102 Å². The summed E-state index contributed by atoms with van der Waals surface area (Å²) in [5.41, 5.74) is 0. The van der Waals surface area contributed by atoms with Crippen molar-refractivity contribution in [1.82, 2.24) is 0 Å². The van der Waals surface area contributed by atoms with Gasteiger partial charge in [0.2, 0.25) is 0 Å². The molecule has 0 bridgehead atoms. The molecule has 1 atom stereocenters. The van der Waals surface area contributed by atoms with Gasteiger partial charge < -0.3 is 0 Å². The number of allylic oxidation sites excluding steroid dienone is 3. The molecule has 1 aliphatic carbocycles. The lowest BCUT2D eigenvalue weighted by Gasteiger charge is -2.09. The first kappa shape index (κ1) is 13.5. The predicted molar refractivity (Wildman–Crippen MR) is 73.6 cm³/mol. The second-order valence-electron chi connectivity index (χ2n) is 5.12. The Morgan fingerprint density at radius 1 is 0.938 bits per heavy atom. The minimum absolute atomic E-state index is 0.762. The number of rotatable bonds is 2. The molecule has 0 nitrogen and oxygen atoms in total. The van der Waals surface area contributed by atoms with Crippen LogP contribution in [-0.2, 0) is 0 Å². The minimum Gasteiger partial charge on any atom is -0.103 e. The molecule has 1 aliphatic rings. The van der Waals surface area contributed by atoms with E-state index in [1.807, 2.05) is 0 Å². The van der Waals surface area contributed by atoms with Crippen LogP contribution in [0.1, 0.15) is 70.6 Å². The van der Waals surface area contributed by atoms with Crippen LogP contribution in [0.15, 0.2) is 24.8 Å². The van der Waals surface area contributed by atoms with Crippen LogP contribution >= 0.6 is 0 Å². The molecule has 0 N–H and O–H groups in total. The molecule has 16 heavy (non-hydrogen) atoms. The molecule has 0 heterocycles. The Hall–Kier alpha value is -0.520. The largest absolute Gasteiger partial charge is 0.103 e. The molecule has 0 aromatic carbocycles. The second kappa shape index (κ2) is 9.69. The van der Waals surface area contributed by atoms with Gasteiger partial charge in [-0.1, -0.05) is 63.2 Å². The average Bonchev–Trinajstić information content (AvgIpc) is 2.31. The van der Waals surface area contributed by atoms with Crippen molar-refractivity contribution in [2.45, 2.75) is 70.6 Å². The van der Waals surface area contributed by atoms with Gasteiger partial charge >= 0.3 is 0 Å². The van der Waals surface area contributed by atoms with E-state index >= 15 is 0 Å². The van der Waals surface area contributed by atoms with E-state index in [9.17, 15) is 0 Å². The van der Waals surface area contributed by atoms with E-state index < -0.39 is 0 Å². The predicted octanol–water partition coefficient (Wildman–Crippen LogP) is 5.65. The van der Waals surface area contributed by atoms with Gasteiger partial charge in [-0.15, -0.1) is 6.58 Å². The summed E-state index contributed by atoms with van der Waals surface area (Å²) in [7, 11) is 0. The van der Waals surface area contributed by atoms with Crippen molar-refractivity contribution in [3.8, 4) is 0 Å². The summed E-state index contributed by atoms with van der Waals surface area (Å²) in [4.78, 5) is 0. The van der Waals surface area contributed by atoms with E-state index in [2.05, 4.69) is 24.8 Å². The zero-order valence-corrected chi connectivity index (χ0v) is 10.8. The van der Waals surface area contributed by atoms with Crippen LogP contribution in [0.2, 0.25) is 0 Å². The van der Waals surface area contributed by atoms with E-state index in [1.54, 1.807) is 0 Å². The summed E-state index contributed by atoms with van der Waals surface area (Å²) in [5.74, 6) is 0.762. The molecule has 0 heteroatoms. The fraction of sp³-hybridized carbons (Fsp3) is 0.750. The standard InChI is InChI=1S/C16H28/c1-2-13-16-14-11-9-7-5-3-4-6-8-10-12-15-16/h2,11,14,16H,1,3-10,12-13,15H2/b14-11-. The van der Waals surface area contributed by atoms with E-state index in [-0.39, 0.29) is 0 Å². The molecule has 0 spiro atoms. The summed E-state index contributed by atoms with van der Waals surface area (Å²) in [6, 6.07) is 0. The minimum atomic E-state index is 0.762. The zero-order valence-electron chi connectivity index (χ0n) is 10.8. The molecule has 0 fully saturated rings. The first-order chi connectivity index (χ1) is 7.93. The highest BCUT2D eigenvalue weighted by Gasteiger charge is 2.03. The molecular formula is C16H28. The van der Waals surface area contributed by atoms with Crippen molar-refractivity contribution in [3.63, 3.8) is 0 Å². The topological polar surface area (TPSA) is 0 Å². The van der Waals surface area contributed by atoms with Crippen LogP contribution in [0.5, 0.6) is 0 Å². The van der Waals surface area contributed by atoms with Crippen LogP contribution < -0.4 is 0 Å². The summed E-state index contributed by atoms with van der Waals surface area (Å²) in [6.07, 6.45) is 22.2. The van der Waals surface area contributed by atoms with Crippen molar-refractivity contribution in [2.24, 2.45) is 5.92 Å². The third kappa shape index (κ3) is 6.87. The molecule has 0 aromatic heterocycles. The Bertz CT molecular complexity index is 190. The fourth-order valence-corrected chi connectivity index (χ4v) is 2.52. The second-order valence-corrected chi connectivity index (χ2v) is 5.12. The zero-order chi connectivity index (χ0) is 11.5. The molecule has 0 aliphatic heterocycles. The maximum atomic E-state index is 3.87. The number of hydrogen-bond acceptors (Lipinski definition) is 0. The van der Waals surface area contributed by atoms with Crippen LogP contribution in [0.4, 0.5) is 0 Å². The van der Waals surface area contributed by atoms with Gasteiger partial charge in [0.15, 0.2) is 0 Å². The molecule has 1 rings (SSSR count). The highest BCUT2D eigenvalue weighted by atomic mass is 14.1. The van der Waals surface area contributed by atoms with Crippen molar-refractivity contribution in [3.05, 3.63) is 24.8 Å². The van der Waals surface area contributed by atoms with E-state index in [0.29, 0.717) is 0 Å².